The molecule has 0 spiro atoms. The summed E-state index contributed by atoms with van der Waals surface area (Å²) < 4.78 is 34.4. The van der Waals surface area contributed by atoms with E-state index in [0.717, 1.165) is 80.7 Å². The van der Waals surface area contributed by atoms with Gasteiger partial charge < -0.3 is 27.8 Å². The van der Waals surface area contributed by atoms with Crippen molar-refractivity contribution >= 4 is 23.8 Å². The molecule has 2 amide bonds. The fraction of sp³-hybridized carbons (Fsp3) is 0.553. The number of nitrogens with one attached hydrogen (secondary N) is 2. The van der Waals surface area contributed by atoms with Crippen LogP contribution in [0.2, 0.25) is 0 Å². The Balaban J connectivity index is 0.770. The number of ether oxygens (including phenoxy) is 4. The molecule has 2 aliphatic carbocycles. The first-order valence-corrected chi connectivity index (χ1v) is 19.4. The molecular weight excluding hydrogens is 710 g/mol. The number of amides is 2. The summed E-state index contributed by atoms with van der Waals surface area (Å²) in [6, 6.07) is 7.14. The van der Waals surface area contributed by atoms with E-state index in [1.54, 1.807) is 12.3 Å². The lowest BCUT2D eigenvalue weighted by molar-refractivity contribution is -0.124. The lowest BCUT2D eigenvalue weighted by atomic mass is 9.65. The second-order valence-corrected chi connectivity index (χ2v) is 15.5. The number of fused-ring (bicyclic) bond motifs is 2. The van der Waals surface area contributed by atoms with E-state index < -0.39 is 6.04 Å². The van der Waals surface area contributed by atoms with Crippen molar-refractivity contribution in [2.75, 3.05) is 37.3 Å². The van der Waals surface area contributed by atoms with Gasteiger partial charge in [0.1, 0.15) is 5.69 Å². The quantitative estimate of drug-likeness (QED) is 0.216. The van der Waals surface area contributed by atoms with Crippen molar-refractivity contribution in [3.63, 3.8) is 0 Å². The summed E-state index contributed by atoms with van der Waals surface area (Å²) in [5.74, 6) is 4.63. The van der Waals surface area contributed by atoms with Crippen LogP contribution in [0.4, 0.5) is 12.0 Å². The summed E-state index contributed by atoms with van der Waals surface area (Å²) in [5.41, 5.74) is 1.74. The average Bonchev–Trinajstić information content (AvgIpc) is 3.60. The van der Waals surface area contributed by atoms with Gasteiger partial charge >= 0.3 is 12.0 Å². The van der Waals surface area contributed by atoms with Crippen LogP contribution in [0, 0.1) is 11.8 Å². The number of piperidine rings is 2. The molecular formula is C38H43N9O8. The third kappa shape index (κ3) is 6.94. The Morgan fingerprint density at radius 1 is 0.673 bits per heavy atom. The molecule has 4 fully saturated rings. The van der Waals surface area contributed by atoms with Gasteiger partial charge in [0, 0.05) is 42.8 Å². The topological polar surface area (TPSA) is 192 Å². The number of pyridine rings is 1. The van der Waals surface area contributed by atoms with E-state index in [2.05, 4.69) is 45.8 Å². The molecule has 0 bridgehead atoms. The number of carbonyl (C=O) groups excluding carboxylic acids is 2. The zero-order valence-corrected chi connectivity index (χ0v) is 30.4. The summed E-state index contributed by atoms with van der Waals surface area (Å²) in [6.45, 7) is 2.88. The van der Waals surface area contributed by atoms with Gasteiger partial charge in [-0.05, 0) is 82.4 Å². The highest BCUT2D eigenvalue weighted by molar-refractivity contribution is 5.93. The van der Waals surface area contributed by atoms with Crippen LogP contribution >= 0.6 is 0 Å². The molecule has 7 heterocycles. The van der Waals surface area contributed by atoms with Gasteiger partial charge in [0.15, 0.2) is 23.0 Å². The van der Waals surface area contributed by atoms with Crippen LogP contribution in [-0.2, 0) is 22.7 Å². The summed E-state index contributed by atoms with van der Waals surface area (Å²) in [6.07, 6.45) is 9.80. The van der Waals surface area contributed by atoms with Gasteiger partial charge in [-0.15, -0.1) is 10.2 Å². The Kier molecular flexibility index (Phi) is 8.97. The van der Waals surface area contributed by atoms with Gasteiger partial charge in [-0.25, -0.2) is 0 Å². The number of likely N-dealkylation sites (tertiary alicyclic amines) is 2. The number of hydrogen-bond acceptors (Lipinski definition) is 15. The van der Waals surface area contributed by atoms with Gasteiger partial charge in [0.2, 0.25) is 37.2 Å². The molecule has 1 aromatic carbocycles. The average molecular weight is 754 g/mol. The van der Waals surface area contributed by atoms with E-state index in [9.17, 15) is 9.59 Å². The largest absolute Gasteiger partial charge is 0.454 e. The zero-order valence-electron chi connectivity index (χ0n) is 30.4. The van der Waals surface area contributed by atoms with Gasteiger partial charge in [-0.2, -0.15) is 0 Å². The monoisotopic (exact) mass is 753 g/mol. The van der Waals surface area contributed by atoms with E-state index in [1.807, 2.05) is 18.2 Å². The molecule has 2 saturated carbocycles. The van der Waals surface area contributed by atoms with Crippen molar-refractivity contribution in [3.8, 4) is 23.0 Å². The Hall–Kier alpha value is -5.29. The van der Waals surface area contributed by atoms with Crippen molar-refractivity contribution in [2.24, 2.45) is 11.8 Å². The maximum atomic E-state index is 13.9. The smallest absolute Gasteiger partial charge is 0.322 e. The normalized spacial score (nSPS) is 26.1. The van der Waals surface area contributed by atoms with Crippen LogP contribution in [0.5, 0.6) is 23.0 Å². The third-order valence-corrected chi connectivity index (χ3v) is 12.0. The molecule has 6 aliphatic rings. The second-order valence-electron chi connectivity index (χ2n) is 15.5. The first kappa shape index (κ1) is 34.2. The molecule has 55 heavy (non-hydrogen) atoms. The lowest BCUT2D eigenvalue weighted by Crippen LogP contribution is -2.51. The molecule has 4 aliphatic heterocycles. The highest BCUT2D eigenvalue weighted by atomic mass is 16.7. The van der Waals surface area contributed by atoms with Crippen LogP contribution in [0.1, 0.15) is 92.7 Å². The standard InChI is InChI=1S/C38H43N9O8/c48-33(27-5-1-2-12-46(27)17-23-4-3-6-29-31(23)52-19-50-29)40-37-45-43-36(55-37)25-14-24(15-25)22-10-13-47(18-26-32-30(9-11-39-26)51-20-53-32)28(16-22)34(49)41-38-44-42-35(54-38)21-7-8-21/h3-4,6,9,11,21-22,24-25,27-28H,1-2,5,7-8,10,12-20H2,(H,40,45,48)(H,41,44,49)/t22?,24?,25?,27-,28-/m1/s1. The number of anilines is 2. The minimum absolute atomic E-state index is 0.0922. The van der Waals surface area contributed by atoms with Gasteiger partial charge in [-0.3, -0.25) is 35.0 Å². The fourth-order valence-corrected chi connectivity index (χ4v) is 8.80. The number of aromatic nitrogens is 5. The van der Waals surface area contributed by atoms with Crippen LogP contribution in [0.3, 0.4) is 0 Å². The van der Waals surface area contributed by atoms with Crippen LogP contribution in [0.15, 0.2) is 39.3 Å². The van der Waals surface area contributed by atoms with E-state index in [0.29, 0.717) is 67.1 Å². The Bertz CT molecular complexity index is 2060. The predicted molar refractivity (Wildman–Crippen MR) is 191 cm³/mol. The van der Waals surface area contributed by atoms with Crippen molar-refractivity contribution < 1.29 is 37.4 Å². The number of nitrogens with zero attached hydrogens (tertiary/aromatic N) is 7. The van der Waals surface area contributed by atoms with Crippen molar-refractivity contribution in [3.05, 3.63) is 53.5 Å². The molecule has 2 N–H and O–H groups in total. The number of hydrogen-bond donors (Lipinski definition) is 2. The molecule has 3 aromatic heterocycles. The summed E-state index contributed by atoms with van der Waals surface area (Å²) in [7, 11) is 0. The maximum Gasteiger partial charge on any atom is 0.322 e. The Morgan fingerprint density at radius 3 is 2.16 bits per heavy atom. The molecule has 1 unspecified atom stereocenters. The summed E-state index contributed by atoms with van der Waals surface area (Å²) in [4.78, 5) is 36.3. The Morgan fingerprint density at radius 2 is 1.38 bits per heavy atom. The minimum Gasteiger partial charge on any atom is -0.454 e. The number of carbonyl (C=O) groups is 2. The van der Waals surface area contributed by atoms with Gasteiger partial charge in [0.25, 0.3) is 0 Å². The minimum atomic E-state index is -0.442. The molecule has 4 aromatic rings. The highest BCUT2D eigenvalue weighted by Crippen LogP contribution is 2.49. The van der Waals surface area contributed by atoms with Gasteiger partial charge in [0.05, 0.1) is 12.1 Å². The second kappa shape index (κ2) is 14.4. The van der Waals surface area contributed by atoms with Crippen molar-refractivity contribution in [2.45, 2.75) is 94.8 Å². The van der Waals surface area contributed by atoms with E-state index >= 15 is 0 Å². The molecule has 10 rings (SSSR count). The predicted octanol–water partition coefficient (Wildman–Crippen LogP) is 4.59. The van der Waals surface area contributed by atoms with Crippen LogP contribution < -0.4 is 29.6 Å². The fourth-order valence-electron chi connectivity index (χ4n) is 8.80. The van der Waals surface area contributed by atoms with Gasteiger partial charge in [-0.1, -0.05) is 28.8 Å². The molecule has 3 atom stereocenters. The summed E-state index contributed by atoms with van der Waals surface area (Å²) in [5, 5.41) is 22.6. The lowest BCUT2D eigenvalue weighted by Gasteiger charge is -2.45. The molecule has 0 radical (unpaired) electrons. The number of benzene rings is 1. The highest BCUT2D eigenvalue weighted by Gasteiger charge is 2.44. The van der Waals surface area contributed by atoms with E-state index in [4.69, 9.17) is 27.8 Å². The molecule has 2 saturated heterocycles. The third-order valence-electron chi connectivity index (χ3n) is 12.0. The maximum absolute atomic E-state index is 13.9. The van der Waals surface area contributed by atoms with Crippen molar-refractivity contribution in [1.29, 1.82) is 0 Å². The zero-order chi connectivity index (χ0) is 36.9. The van der Waals surface area contributed by atoms with Crippen molar-refractivity contribution in [1.82, 2.24) is 35.2 Å². The molecule has 17 heteroatoms. The number of rotatable bonds is 11. The SMILES string of the molecule is O=C(Nc1nnc(C2CC(C3CCN(Cc4nccc5c4OCO5)[C@@H](C(=O)Nc4nnc(C5CC5)o4)C3)C2)o1)[C@H]1CCCCN1Cc1cccc2c1OCO2. The Labute approximate surface area is 316 Å². The van der Waals surface area contributed by atoms with Crippen LogP contribution in [0.25, 0.3) is 0 Å². The van der Waals surface area contributed by atoms with Crippen LogP contribution in [-0.4, -0.2) is 85.8 Å². The first-order chi connectivity index (χ1) is 27.0. The summed E-state index contributed by atoms with van der Waals surface area (Å²) >= 11 is 0. The van der Waals surface area contributed by atoms with E-state index in [1.165, 1.54) is 0 Å². The molecule has 17 nitrogen and oxygen atoms in total. The van der Waals surface area contributed by atoms with E-state index in [-0.39, 0.29) is 49.4 Å². The first-order valence-electron chi connectivity index (χ1n) is 19.4. The molecule has 288 valence electrons. The number of para-hydroxylation sites is 1.